The molecular formula is C25H24N2O8. The van der Waals surface area contributed by atoms with Crippen molar-refractivity contribution in [2.24, 2.45) is 0 Å². The number of nitro groups is 1. The molecule has 1 fully saturated rings. The van der Waals surface area contributed by atoms with Gasteiger partial charge in [0.15, 0.2) is 17.6 Å². The van der Waals surface area contributed by atoms with Crippen molar-refractivity contribution >= 4 is 11.8 Å². The van der Waals surface area contributed by atoms with Crippen LogP contribution in [0.1, 0.15) is 24.0 Å². The Bertz CT molecular complexity index is 1270. The Morgan fingerprint density at radius 3 is 2.71 bits per heavy atom. The van der Waals surface area contributed by atoms with E-state index in [2.05, 4.69) is 4.90 Å². The quantitative estimate of drug-likeness (QED) is 0.305. The molecule has 1 spiro atoms. The van der Waals surface area contributed by atoms with Crippen molar-refractivity contribution in [3.8, 4) is 17.2 Å². The van der Waals surface area contributed by atoms with Gasteiger partial charge >= 0.3 is 6.16 Å². The lowest BCUT2D eigenvalue weighted by Gasteiger charge is -2.61. The summed E-state index contributed by atoms with van der Waals surface area (Å²) in [4.78, 5) is 25.2. The minimum Gasteiger partial charge on any atom is -0.493 e. The molecule has 4 atom stereocenters. The van der Waals surface area contributed by atoms with Crippen LogP contribution < -0.4 is 14.2 Å². The largest absolute Gasteiger partial charge is 0.519 e. The van der Waals surface area contributed by atoms with Crippen LogP contribution in [0, 0.1) is 10.1 Å². The number of non-ortho nitro benzene ring substituents is 1. The van der Waals surface area contributed by atoms with Crippen molar-refractivity contribution < 1.29 is 33.8 Å². The van der Waals surface area contributed by atoms with E-state index in [9.17, 15) is 20.0 Å². The van der Waals surface area contributed by atoms with Crippen LogP contribution in [-0.2, 0) is 16.6 Å². The fourth-order valence-electron chi connectivity index (χ4n) is 6.44. The zero-order chi connectivity index (χ0) is 24.5. The van der Waals surface area contributed by atoms with Crippen molar-refractivity contribution in [3.63, 3.8) is 0 Å². The van der Waals surface area contributed by atoms with Gasteiger partial charge in [-0.05, 0) is 56.3 Å². The highest BCUT2D eigenvalue weighted by Crippen LogP contribution is 2.65. The summed E-state index contributed by atoms with van der Waals surface area (Å²) in [5.74, 6) is 1.54. The van der Waals surface area contributed by atoms with Crippen LogP contribution in [0.2, 0.25) is 0 Å². The highest BCUT2D eigenvalue weighted by molar-refractivity contribution is 5.68. The topological polar surface area (TPSA) is 121 Å². The average molecular weight is 480 g/mol. The lowest BCUT2D eigenvalue weighted by Crippen LogP contribution is -2.74. The zero-order valence-corrected chi connectivity index (χ0v) is 19.2. The summed E-state index contributed by atoms with van der Waals surface area (Å²) in [5.41, 5.74) is 0.0185. The molecule has 4 aliphatic rings. The minimum absolute atomic E-state index is 0.112. The van der Waals surface area contributed by atoms with Crippen LogP contribution >= 0.6 is 0 Å². The molecule has 35 heavy (non-hydrogen) atoms. The van der Waals surface area contributed by atoms with Crippen LogP contribution in [0.4, 0.5) is 10.5 Å². The highest BCUT2D eigenvalue weighted by atomic mass is 16.7. The fourth-order valence-corrected chi connectivity index (χ4v) is 6.44. The summed E-state index contributed by atoms with van der Waals surface area (Å²) in [7, 11) is 3.59. The van der Waals surface area contributed by atoms with Gasteiger partial charge in [0.05, 0.1) is 23.0 Å². The van der Waals surface area contributed by atoms with Crippen molar-refractivity contribution in [1.29, 1.82) is 0 Å². The molecule has 1 saturated heterocycles. The molecule has 0 saturated carbocycles. The number of carbonyl (C=O) groups excluding carboxylic acids is 1. The first-order valence-corrected chi connectivity index (χ1v) is 11.4. The first-order valence-electron chi connectivity index (χ1n) is 11.4. The lowest BCUT2D eigenvalue weighted by molar-refractivity contribution is -0.384. The van der Waals surface area contributed by atoms with Gasteiger partial charge in [0.1, 0.15) is 11.5 Å². The molecule has 2 aromatic rings. The molecule has 10 nitrogen and oxygen atoms in total. The number of benzene rings is 2. The number of ether oxygens (including phenoxy) is 4. The fraction of sp³-hybridized carbons (Fsp3) is 0.400. The summed E-state index contributed by atoms with van der Waals surface area (Å²) in [6.45, 7) is 0.753. The predicted octanol–water partition coefficient (Wildman–Crippen LogP) is 3.10. The predicted molar refractivity (Wildman–Crippen MR) is 122 cm³/mol. The van der Waals surface area contributed by atoms with Gasteiger partial charge in [0.2, 0.25) is 0 Å². The Balaban J connectivity index is 1.35. The number of nitrogens with zero attached hydrogens (tertiary/aromatic N) is 2. The molecule has 2 aliphatic carbocycles. The Kier molecular flexibility index (Phi) is 4.64. The normalized spacial score (nSPS) is 30.0. The van der Waals surface area contributed by atoms with E-state index in [1.165, 1.54) is 24.3 Å². The summed E-state index contributed by atoms with van der Waals surface area (Å²) < 4.78 is 22.9. The van der Waals surface area contributed by atoms with Crippen LogP contribution in [-0.4, -0.2) is 59.5 Å². The second-order valence-electron chi connectivity index (χ2n) is 9.49. The smallest absolute Gasteiger partial charge is 0.493 e. The third-order valence-corrected chi connectivity index (χ3v) is 8.01. The number of hydrogen-bond acceptors (Lipinski definition) is 9. The van der Waals surface area contributed by atoms with Gasteiger partial charge in [-0.3, -0.25) is 10.1 Å². The molecule has 0 radical (unpaired) electrons. The van der Waals surface area contributed by atoms with E-state index >= 15 is 0 Å². The molecule has 2 aromatic carbocycles. The Morgan fingerprint density at radius 2 is 2.00 bits per heavy atom. The minimum atomic E-state index is -1.11. The number of methoxy groups -OCH3 is 1. The standard InChI is InChI=1S/C25H24N2O8/c1-26-12-11-24-20-14-3-8-17(32-2)21(20)35-22(24)18(9-10-25(24,29)19(26)13-14)34-23(28)33-16-6-4-15(5-7-16)27(30)31/h3-9,19,22,29H,10-13H2,1-2H3/t19-,22+,24+,25-/m1/s1. The van der Waals surface area contributed by atoms with E-state index in [0.29, 0.717) is 24.3 Å². The maximum Gasteiger partial charge on any atom is 0.519 e. The monoisotopic (exact) mass is 480 g/mol. The number of piperidine rings is 1. The van der Waals surface area contributed by atoms with Gasteiger partial charge in [0.25, 0.3) is 5.69 Å². The van der Waals surface area contributed by atoms with E-state index in [1.807, 2.05) is 19.2 Å². The van der Waals surface area contributed by atoms with E-state index in [1.54, 1.807) is 13.2 Å². The SMILES string of the molecule is COc1ccc2c3c1O[C@H]1C(OC(=O)Oc4ccc([N+](=O)[O-])cc4)=CC[C@@]4(O)[C@@H](C2)N(C)CC[C@]314. The number of hydrogen-bond donors (Lipinski definition) is 1. The zero-order valence-electron chi connectivity index (χ0n) is 19.2. The van der Waals surface area contributed by atoms with Gasteiger partial charge in [0, 0.05) is 30.2 Å². The van der Waals surface area contributed by atoms with Crippen molar-refractivity contribution in [2.45, 2.75) is 42.4 Å². The first kappa shape index (κ1) is 21.9. The van der Waals surface area contributed by atoms with Crippen molar-refractivity contribution in [1.82, 2.24) is 4.90 Å². The maximum absolute atomic E-state index is 12.7. The molecule has 0 aromatic heterocycles. The van der Waals surface area contributed by atoms with E-state index < -0.39 is 28.2 Å². The van der Waals surface area contributed by atoms with Crippen LogP contribution in [0.5, 0.6) is 17.2 Å². The molecule has 6 rings (SSSR count). The molecule has 0 amide bonds. The van der Waals surface area contributed by atoms with Gasteiger partial charge in [-0.1, -0.05) is 6.07 Å². The number of aliphatic hydroxyl groups is 1. The molecular weight excluding hydrogens is 456 g/mol. The second-order valence-corrected chi connectivity index (χ2v) is 9.49. The Morgan fingerprint density at radius 1 is 1.23 bits per heavy atom. The highest BCUT2D eigenvalue weighted by Gasteiger charge is 2.72. The molecule has 182 valence electrons. The molecule has 0 unspecified atom stereocenters. The van der Waals surface area contributed by atoms with Crippen molar-refractivity contribution in [3.05, 3.63) is 69.5 Å². The Hall–Kier alpha value is -3.63. The van der Waals surface area contributed by atoms with E-state index in [4.69, 9.17) is 18.9 Å². The van der Waals surface area contributed by atoms with Crippen molar-refractivity contribution in [2.75, 3.05) is 20.7 Å². The van der Waals surface area contributed by atoms with E-state index in [0.717, 1.165) is 17.7 Å². The number of carbonyl (C=O) groups is 1. The Labute approximate surface area is 200 Å². The molecule has 10 heteroatoms. The molecule has 2 heterocycles. The van der Waals surface area contributed by atoms with Crippen LogP contribution in [0.15, 0.2) is 48.2 Å². The summed E-state index contributed by atoms with van der Waals surface area (Å²) >= 11 is 0. The number of rotatable bonds is 4. The summed E-state index contributed by atoms with van der Waals surface area (Å²) in [5, 5.41) is 23.0. The summed E-state index contributed by atoms with van der Waals surface area (Å²) in [6.07, 6.45) is 1.58. The number of nitro benzene ring substituents is 1. The average Bonchev–Trinajstić information content (AvgIpc) is 3.19. The maximum atomic E-state index is 12.7. The van der Waals surface area contributed by atoms with Gasteiger partial charge in [-0.25, -0.2) is 4.79 Å². The molecule has 2 bridgehead atoms. The third kappa shape index (κ3) is 2.86. The number of likely N-dealkylation sites (N-methyl/N-ethyl adjacent to an activating group) is 1. The van der Waals surface area contributed by atoms with Gasteiger partial charge in [-0.15, -0.1) is 0 Å². The second kappa shape index (κ2) is 7.43. The van der Waals surface area contributed by atoms with Gasteiger partial charge < -0.3 is 29.0 Å². The molecule has 1 N–H and O–H groups in total. The van der Waals surface area contributed by atoms with Crippen LogP contribution in [0.3, 0.4) is 0 Å². The third-order valence-electron chi connectivity index (χ3n) is 8.01. The lowest BCUT2D eigenvalue weighted by atomic mass is 9.50. The van der Waals surface area contributed by atoms with Crippen LogP contribution in [0.25, 0.3) is 0 Å². The first-order chi connectivity index (χ1) is 16.8. The molecule has 2 aliphatic heterocycles. The van der Waals surface area contributed by atoms with E-state index in [-0.39, 0.29) is 29.7 Å². The summed E-state index contributed by atoms with van der Waals surface area (Å²) in [6, 6.07) is 8.92. The number of likely N-dealkylation sites (tertiary alicyclic amines) is 1. The van der Waals surface area contributed by atoms with Gasteiger partial charge in [-0.2, -0.15) is 0 Å².